The Hall–Kier alpha value is -1.23. The number of sulfonamides is 1. The van der Waals surface area contributed by atoms with Crippen molar-refractivity contribution < 1.29 is 28.2 Å². The van der Waals surface area contributed by atoms with Crippen LogP contribution in [-0.4, -0.2) is 73.4 Å². The van der Waals surface area contributed by atoms with Crippen LogP contribution in [0.5, 0.6) is 0 Å². The van der Waals surface area contributed by atoms with Gasteiger partial charge in [-0.25, -0.2) is 18.0 Å². The molecule has 1 heterocycles. The zero-order chi connectivity index (χ0) is 14.2. The Bertz CT molecular complexity index is 364. The molecular formula is C8H17N3O6S. The lowest BCUT2D eigenvalue weighted by Gasteiger charge is -2.26. The first-order valence-electron chi connectivity index (χ1n) is 5.16. The summed E-state index contributed by atoms with van der Waals surface area (Å²) in [4.78, 5) is 18.2. The lowest BCUT2D eigenvalue weighted by atomic mass is 10.4. The lowest BCUT2D eigenvalue weighted by Crippen LogP contribution is -2.47. The molecule has 0 aromatic rings. The number of carboxylic acids is 2. The number of carboxylic acid groups (broad SMARTS) is 2. The maximum Gasteiger partial charge on any atom is 0.414 e. The highest BCUT2D eigenvalue weighted by molar-refractivity contribution is 7.89. The van der Waals surface area contributed by atoms with Crippen LogP contribution in [0, 0.1) is 0 Å². The smallest absolute Gasteiger partial charge is 0.414 e. The average Bonchev–Trinajstić information content (AvgIpc) is 2.31. The highest BCUT2D eigenvalue weighted by atomic mass is 32.2. The number of piperazine rings is 1. The first-order chi connectivity index (χ1) is 8.31. The average molecular weight is 283 g/mol. The molecule has 1 saturated heterocycles. The summed E-state index contributed by atoms with van der Waals surface area (Å²) in [5.41, 5.74) is 5.20. The minimum atomic E-state index is -3.07. The maximum absolute atomic E-state index is 11.4. The van der Waals surface area contributed by atoms with Gasteiger partial charge in [0, 0.05) is 32.7 Å². The zero-order valence-electron chi connectivity index (χ0n) is 9.70. The van der Waals surface area contributed by atoms with Gasteiger partial charge in [-0.2, -0.15) is 4.31 Å². The number of nitrogens with zero attached hydrogens (tertiary/aromatic N) is 1. The lowest BCUT2D eigenvalue weighted by molar-refractivity contribution is -0.159. The van der Waals surface area contributed by atoms with Crippen molar-refractivity contribution in [2.75, 3.05) is 38.5 Å². The molecule has 5 N–H and O–H groups in total. The van der Waals surface area contributed by atoms with Crippen LogP contribution in [0.4, 0.5) is 0 Å². The number of nitrogens with one attached hydrogen (secondary N) is 1. The minimum absolute atomic E-state index is 0.0625. The molecule has 0 atom stereocenters. The first kappa shape index (κ1) is 16.8. The van der Waals surface area contributed by atoms with E-state index in [9.17, 15) is 8.42 Å². The van der Waals surface area contributed by atoms with Gasteiger partial charge in [-0.15, -0.1) is 0 Å². The van der Waals surface area contributed by atoms with Crippen molar-refractivity contribution >= 4 is 22.0 Å². The molecule has 0 saturated carbocycles. The van der Waals surface area contributed by atoms with E-state index in [4.69, 9.17) is 25.5 Å². The summed E-state index contributed by atoms with van der Waals surface area (Å²) in [7, 11) is -3.07. The fourth-order valence-corrected chi connectivity index (χ4v) is 2.50. The first-order valence-corrected chi connectivity index (χ1v) is 6.77. The van der Waals surface area contributed by atoms with Crippen LogP contribution in [0.3, 0.4) is 0 Å². The van der Waals surface area contributed by atoms with Crippen molar-refractivity contribution in [2.24, 2.45) is 5.73 Å². The normalized spacial score (nSPS) is 16.5. The SMILES string of the molecule is NCCS(=O)(=O)N1CCNCC1.O=C(O)C(=O)O. The third-order valence-corrected chi connectivity index (χ3v) is 3.93. The Morgan fingerprint density at radius 1 is 1.17 bits per heavy atom. The van der Waals surface area contributed by atoms with Crippen LogP contribution in [0.2, 0.25) is 0 Å². The van der Waals surface area contributed by atoms with Crippen molar-refractivity contribution in [1.29, 1.82) is 0 Å². The van der Waals surface area contributed by atoms with E-state index in [1.54, 1.807) is 0 Å². The Morgan fingerprint density at radius 3 is 1.94 bits per heavy atom. The van der Waals surface area contributed by atoms with Gasteiger partial charge in [0.05, 0.1) is 5.75 Å². The van der Waals surface area contributed by atoms with E-state index in [0.29, 0.717) is 13.1 Å². The van der Waals surface area contributed by atoms with Crippen LogP contribution in [0.15, 0.2) is 0 Å². The Morgan fingerprint density at radius 2 is 1.61 bits per heavy atom. The summed E-state index contributed by atoms with van der Waals surface area (Å²) in [6.45, 7) is 2.82. The standard InChI is InChI=1S/C6H15N3O2S.C2H2O4/c7-1-6-12(10,11)9-4-2-8-3-5-9;3-1(4)2(5)6/h8H,1-7H2;(H,3,4)(H,5,6). The van der Waals surface area contributed by atoms with Crippen LogP contribution >= 0.6 is 0 Å². The van der Waals surface area contributed by atoms with Crippen LogP contribution in [0.25, 0.3) is 0 Å². The number of rotatable bonds is 3. The van der Waals surface area contributed by atoms with Gasteiger partial charge in [-0.3, -0.25) is 0 Å². The molecule has 18 heavy (non-hydrogen) atoms. The highest BCUT2D eigenvalue weighted by Gasteiger charge is 2.22. The molecule has 1 aliphatic rings. The van der Waals surface area contributed by atoms with Gasteiger partial charge >= 0.3 is 11.9 Å². The zero-order valence-corrected chi connectivity index (χ0v) is 10.5. The van der Waals surface area contributed by atoms with Crippen LogP contribution in [0.1, 0.15) is 0 Å². The summed E-state index contributed by atoms with van der Waals surface area (Å²) >= 11 is 0. The number of aliphatic carboxylic acids is 2. The number of hydrogen-bond acceptors (Lipinski definition) is 6. The second kappa shape index (κ2) is 7.97. The molecule has 0 spiro atoms. The third-order valence-electron chi connectivity index (χ3n) is 2.03. The molecule has 9 nitrogen and oxygen atoms in total. The van der Waals surface area contributed by atoms with Crippen LogP contribution < -0.4 is 11.1 Å². The van der Waals surface area contributed by atoms with E-state index < -0.39 is 22.0 Å². The van der Waals surface area contributed by atoms with Crippen molar-refractivity contribution in [3.8, 4) is 0 Å². The van der Waals surface area contributed by atoms with E-state index in [0.717, 1.165) is 13.1 Å². The molecule has 1 rings (SSSR count). The molecule has 1 aliphatic heterocycles. The van der Waals surface area contributed by atoms with E-state index in [-0.39, 0.29) is 12.3 Å². The number of nitrogens with two attached hydrogens (primary N) is 1. The van der Waals surface area contributed by atoms with Crippen molar-refractivity contribution in [1.82, 2.24) is 9.62 Å². The number of carbonyl (C=O) groups is 2. The molecule has 0 amide bonds. The summed E-state index contributed by atoms with van der Waals surface area (Å²) < 4.78 is 24.3. The van der Waals surface area contributed by atoms with E-state index in [1.165, 1.54) is 4.31 Å². The quantitative estimate of drug-likeness (QED) is 0.410. The number of hydrogen-bond donors (Lipinski definition) is 4. The summed E-state index contributed by atoms with van der Waals surface area (Å²) in [6.07, 6.45) is 0. The molecular weight excluding hydrogens is 266 g/mol. The van der Waals surface area contributed by atoms with Crippen molar-refractivity contribution in [3.05, 3.63) is 0 Å². The summed E-state index contributed by atoms with van der Waals surface area (Å²) in [5.74, 6) is -3.59. The third kappa shape index (κ3) is 6.49. The second-order valence-corrected chi connectivity index (χ2v) is 5.45. The predicted molar refractivity (Wildman–Crippen MR) is 62.6 cm³/mol. The van der Waals surface area contributed by atoms with E-state index >= 15 is 0 Å². The topological polar surface area (TPSA) is 150 Å². The molecule has 0 radical (unpaired) electrons. The van der Waals surface area contributed by atoms with Gasteiger partial charge < -0.3 is 21.3 Å². The van der Waals surface area contributed by atoms with Gasteiger partial charge in [0.25, 0.3) is 0 Å². The predicted octanol–water partition coefficient (Wildman–Crippen LogP) is -2.66. The highest BCUT2D eigenvalue weighted by Crippen LogP contribution is 2.01. The van der Waals surface area contributed by atoms with E-state index in [2.05, 4.69) is 5.32 Å². The molecule has 0 bridgehead atoms. The van der Waals surface area contributed by atoms with Crippen molar-refractivity contribution in [3.63, 3.8) is 0 Å². The van der Waals surface area contributed by atoms with Crippen LogP contribution in [-0.2, 0) is 19.6 Å². The van der Waals surface area contributed by atoms with E-state index in [1.807, 2.05) is 0 Å². The molecule has 1 fully saturated rings. The Balaban J connectivity index is 0.000000411. The Kier molecular flexibility index (Phi) is 7.43. The van der Waals surface area contributed by atoms with Gasteiger partial charge in [-0.05, 0) is 0 Å². The molecule has 0 unspecified atom stereocenters. The van der Waals surface area contributed by atoms with Gasteiger partial charge in [0.2, 0.25) is 10.0 Å². The maximum atomic E-state index is 11.4. The van der Waals surface area contributed by atoms with Gasteiger partial charge in [0.1, 0.15) is 0 Å². The molecule has 106 valence electrons. The largest absolute Gasteiger partial charge is 0.473 e. The monoisotopic (exact) mass is 283 g/mol. The molecule has 0 aromatic heterocycles. The minimum Gasteiger partial charge on any atom is -0.473 e. The van der Waals surface area contributed by atoms with Gasteiger partial charge in [-0.1, -0.05) is 0 Å². The fourth-order valence-electron chi connectivity index (χ4n) is 1.20. The molecule has 0 aliphatic carbocycles. The Labute approximate surface area is 105 Å². The molecule has 0 aromatic carbocycles. The summed E-state index contributed by atoms with van der Waals surface area (Å²) in [6, 6.07) is 0. The fraction of sp³-hybridized carbons (Fsp3) is 0.750. The summed E-state index contributed by atoms with van der Waals surface area (Å²) in [5, 5.41) is 17.9. The molecule has 10 heteroatoms. The second-order valence-electron chi connectivity index (χ2n) is 3.36. The van der Waals surface area contributed by atoms with Crippen molar-refractivity contribution in [2.45, 2.75) is 0 Å². The van der Waals surface area contributed by atoms with Gasteiger partial charge in [0.15, 0.2) is 0 Å².